The van der Waals surface area contributed by atoms with Crippen molar-refractivity contribution < 1.29 is 0 Å². The Kier molecular flexibility index (Phi) is 2.77. The van der Waals surface area contributed by atoms with Gasteiger partial charge in [0.2, 0.25) is 0 Å². The third-order valence-corrected chi connectivity index (χ3v) is 5.24. The Morgan fingerprint density at radius 2 is 2.00 bits per heavy atom. The van der Waals surface area contributed by atoms with Gasteiger partial charge >= 0.3 is 0 Å². The first-order valence-corrected chi connectivity index (χ1v) is 7.96. The van der Waals surface area contributed by atoms with E-state index in [2.05, 4.69) is 35.0 Å². The highest BCUT2D eigenvalue weighted by Crippen LogP contribution is 2.37. The zero-order valence-corrected chi connectivity index (χ0v) is 12.1. The summed E-state index contributed by atoms with van der Waals surface area (Å²) >= 11 is 1.76. The second-order valence-electron chi connectivity index (χ2n) is 5.50. The molecule has 4 heteroatoms. The molecule has 3 nitrogen and oxygen atoms in total. The lowest BCUT2D eigenvalue weighted by atomic mass is 10.2. The van der Waals surface area contributed by atoms with E-state index in [9.17, 15) is 0 Å². The molecule has 2 aromatic heterocycles. The second kappa shape index (κ2) is 4.63. The van der Waals surface area contributed by atoms with E-state index >= 15 is 0 Å². The van der Waals surface area contributed by atoms with Crippen LogP contribution in [0.15, 0.2) is 36.5 Å². The van der Waals surface area contributed by atoms with E-state index in [0.29, 0.717) is 6.04 Å². The lowest BCUT2D eigenvalue weighted by Crippen LogP contribution is -2.04. The molecule has 1 fully saturated rings. The Morgan fingerprint density at radius 1 is 1.20 bits per heavy atom. The van der Waals surface area contributed by atoms with Crippen molar-refractivity contribution in [1.29, 1.82) is 0 Å². The van der Waals surface area contributed by atoms with Crippen LogP contribution in [0.2, 0.25) is 0 Å². The van der Waals surface area contributed by atoms with Gasteiger partial charge in [0.05, 0.1) is 16.6 Å². The Labute approximate surface area is 122 Å². The largest absolute Gasteiger partial charge is 0.396 e. The predicted molar refractivity (Wildman–Crippen MR) is 85.0 cm³/mol. The number of thiophene rings is 1. The fourth-order valence-corrected chi connectivity index (χ4v) is 4.12. The van der Waals surface area contributed by atoms with E-state index in [1.54, 1.807) is 11.3 Å². The third kappa shape index (κ3) is 1.91. The van der Waals surface area contributed by atoms with Gasteiger partial charge in [-0.2, -0.15) is 5.10 Å². The molecule has 2 N–H and O–H groups in total. The van der Waals surface area contributed by atoms with Crippen molar-refractivity contribution in [3.05, 3.63) is 36.5 Å². The molecule has 1 aliphatic rings. The fraction of sp³-hybridized carbons (Fsp3) is 0.312. The Morgan fingerprint density at radius 3 is 2.80 bits per heavy atom. The number of benzene rings is 1. The Balaban J connectivity index is 1.77. The normalized spacial score (nSPS) is 16.2. The lowest BCUT2D eigenvalue weighted by Gasteiger charge is -2.08. The number of rotatable bonds is 2. The molecule has 0 saturated heterocycles. The summed E-state index contributed by atoms with van der Waals surface area (Å²) in [4.78, 5) is 1.17. The molecule has 20 heavy (non-hydrogen) atoms. The molecular formula is C16H17N3S. The first-order valence-electron chi connectivity index (χ1n) is 7.15. The topological polar surface area (TPSA) is 43.8 Å². The van der Waals surface area contributed by atoms with Gasteiger partial charge in [0, 0.05) is 10.9 Å². The minimum Gasteiger partial charge on any atom is -0.396 e. The molecule has 1 saturated carbocycles. The smallest absolute Gasteiger partial charge is 0.125 e. The summed E-state index contributed by atoms with van der Waals surface area (Å²) < 4.78 is 3.37. The summed E-state index contributed by atoms with van der Waals surface area (Å²) in [7, 11) is 0. The average Bonchev–Trinajstić information content (AvgIpc) is 3.16. The molecule has 0 spiro atoms. The standard InChI is InChI=1S/C16H17N3S/c17-13-10-19(12-6-2-3-7-12)18-16(13)15-9-11-5-1-4-8-14(11)20-15/h1,4-5,8-10,12H,2-3,6-7,17H2. The molecule has 1 aromatic carbocycles. The quantitative estimate of drug-likeness (QED) is 0.754. The van der Waals surface area contributed by atoms with Crippen LogP contribution >= 0.6 is 11.3 Å². The minimum absolute atomic E-state index is 0.542. The second-order valence-corrected chi connectivity index (χ2v) is 6.58. The molecule has 1 aliphatic carbocycles. The monoisotopic (exact) mass is 283 g/mol. The minimum atomic E-state index is 0.542. The van der Waals surface area contributed by atoms with Crippen LogP contribution in [0.25, 0.3) is 20.7 Å². The van der Waals surface area contributed by atoms with E-state index < -0.39 is 0 Å². The predicted octanol–water partition coefficient (Wildman–Crippen LogP) is 4.46. The van der Waals surface area contributed by atoms with Gasteiger partial charge in [-0.1, -0.05) is 31.0 Å². The summed E-state index contributed by atoms with van der Waals surface area (Å²) in [6, 6.07) is 11.2. The summed E-state index contributed by atoms with van der Waals surface area (Å²) in [5, 5.41) is 6.03. The maximum Gasteiger partial charge on any atom is 0.125 e. The van der Waals surface area contributed by atoms with Crippen molar-refractivity contribution in [2.75, 3.05) is 5.73 Å². The number of nitrogens with two attached hydrogens (primary N) is 1. The van der Waals surface area contributed by atoms with Crippen LogP contribution in [0.3, 0.4) is 0 Å². The van der Waals surface area contributed by atoms with Crippen LogP contribution < -0.4 is 5.73 Å². The van der Waals surface area contributed by atoms with E-state index in [4.69, 9.17) is 10.8 Å². The van der Waals surface area contributed by atoms with Gasteiger partial charge in [-0.3, -0.25) is 4.68 Å². The molecule has 0 bridgehead atoms. The molecule has 0 unspecified atom stereocenters. The number of aromatic nitrogens is 2. The molecule has 0 radical (unpaired) electrons. The highest BCUT2D eigenvalue weighted by Gasteiger charge is 2.20. The van der Waals surface area contributed by atoms with Crippen molar-refractivity contribution in [1.82, 2.24) is 9.78 Å². The van der Waals surface area contributed by atoms with Crippen molar-refractivity contribution in [3.63, 3.8) is 0 Å². The van der Waals surface area contributed by atoms with Crippen LogP contribution in [0.5, 0.6) is 0 Å². The molecule has 0 atom stereocenters. The number of nitrogen functional groups attached to an aromatic ring is 1. The van der Waals surface area contributed by atoms with Gasteiger partial charge in [-0.05, 0) is 30.4 Å². The number of hydrogen-bond acceptors (Lipinski definition) is 3. The Bertz CT molecular complexity index is 717. The molecule has 0 aliphatic heterocycles. The summed E-state index contributed by atoms with van der Waals surface area (Å²) in [5.41, 5.74) is 7.92. The third-order valence-electron chi connectivity index (χ3n) is 4.12. The number of anilines is 1. The van der Waals surface area contributed by atoms with Crippen molar-refractivity contribution in [3.8, 4) is 10.6 Å². The van der Waals surface area contributed by atoms with Crippen LogP contribution in [0.1, 0.15) is 31.7 Å². The van der Waals surface area contributed by atoms with Crippen LogP contribution in [0.4, 0.5) is 5.69 Å². The van der Waals surface area contributed by atoms with Gasteiger partial charge in [0.25, 0.3) is 0 Å². The lowest BCUT2D eigenvalue weighted by molar-refractivity contribution is 0.468. The zero-order chi connectivity index (χ0) is 13.5. The van der Waals surface area contributed by atoms with Gasteiger partial charge in [0.15, 0.2) is 0 Å². The van der Waals surface area contributed by atoms with Crippen LogP contribution in [-0.2, 0) is 0 Å². The van der Waals surface area contributed by atoms with Crippen molar-refractivity contribution in [2.24, 2.45) is 0 Å². The van der Waals surface area contributed by atoms with Gasteiger partial charge in [0.1, 0.15) is 5.69 Å². The molecule has 4 rings (SSSR count). The molecule has 102 valence electrons. The van der Waals surface area contributed by atoms with Crippen molar-refractivity contribution in [2.45, 2.75) is 31.7 Å². The SMILES string of the molecule is Nc1cn(C2CCCC2)nc1-c1cc2ccccc2s1. The van der Waals surface area contributed by atoms with E-state index in [1.807, 2.05) is 6.20 Å². The number of fused-ring (bicyclic) bond motifs is 1. The summed E-state index contributed by atoms with van der Waals surface area (Å²) in [6.45, 7) is 0. The van der Waals surface area contributed by atoms with Crippen LogP contribution in [0, 0.1) is 0 Å². The maximum absolute atomic E-state index is 6.19. The van der Waals surface area contributed by atoms with Gasteiger partial charge < -0.3 is 5.73 Å². The van der Waals surface area contributed by atoms with E-state index in [-0.39, 0.29) is 0 Å². The first kappa shape index (κ1) is 12.0. The van der Waals surface area contributed by atoms with Gasteiger partial charge in [-0.25, -0.2) is 0 Å². The molecule has 3 aromatic rings. The molecular weight excluding hydrogens is 266 g/mol. The summed E-state index contributed by atoms with van der Waals surface area (Å²) in [5.74, 6) is 0. The molecule has 0 amide bonds. The number of hydrogen-bond donors (Lipinski definition) is 1. The summed E-state index contributed by atoms with van der Waals surface area (Å²) in [6.07, 6.45) is 7.08. The highest BCUT2D eigenvalue weighted by molar-refractivity contribution is 7.22. The Hall–Kier alpha value is -1.81. The fourth-order valence-electron chi connectivity index (χ4n) is 3.05. The maximum atomic E-state index is 6.19. The average molecular weight is 283 g/mol. The van der Waals surface area contributed by atoms with E-state index in [0.717, 1.165) is 11.4 Å². The van der Waals surface area contributed by atoms with E-state index in [1.165, 1.54) is 40.6 Å². The van der Waals surface area contributed by atoms with Crippen molar-refractivity contribution >= 4 is 27.1 Å². The molecule has 2 heterocycles. The van der Waals surface area contributed by atoms with Gasteiger partial charge in [-0.15, -0.1) is 11.3 Å². The first-order chi connectivity index (χ1) is 9.81. The number of nitrogens with zero attached hydrogens (tertiary/aromatic N) is 2. The highest BCUT2D eigenvalue weighted by atomic mass is 32.1. The van der Waals surface area contributed by atoms with Crippen LogP contribution in [-0.4, -0.2) is 9.78 Å². The zero-order valence-electron chi connectivity index (χ0n) is 11.2.